The van der Waals surface area contributed by atoms with Gasteiger partial charge in [0.25, 0.3) is 0 Å². The van der Waals surface area contributed by atoms with Gasteiger partial charge in [0.2, 0.25) is 0 Å². The number of aryl methyl sites for hydroxylation is 1. The molecule has 1 atom stereocenters. The van der Waals surface area contributed by atoms with Crippen molar-refractivity contribution in [3.05, 3.63) is 65.5 Å². The molecule has 1 aliphatic rings. The summed E-state index contributed by atoms with van der Waals surface area (Å²) in [5.41, 5.74) is 15.0. The second kappa shape index (κ2) is 5.18. The molecule has 0 saturated carbocycles. The van der Waals surface area contributed by atoms with Crippen LogP contribution in [0.4, 0.5) is 10.1 Å². The van der Waals surface area contributed by atoms with Crippen molar-refractivity contribution in [1.82, 2.24) is 0 Å². The molecule has 0 bridgehead atoms. The summed E-state index contributed by atoms with van der Waals surface area (Å²) in [7, 11) is 0. The summed E-state index contributed by atoms with van der Waals surface area (Å²) >= 11 is 0. The Labute approximate surface area is 122 Å². The summed E-state index contributed by atoms with van der Waals surface area (Å²) in [6.45, 7) is 0. The van der Waals surface area contributed by atoms with Crippen molar-refractivity contribution in [2.24, 2.45) is 16.5 Å². The van der Waals surface area contributed by atoms with Gasteiger partial charge in [0.15, 0.2) is 5.79 Å². The molecule has 0 saturated heterocycles. The van der Waals surface area contributed by atoms with E-state index in [9.17, 15) is 4.39 Å². The number of aliphatic imine (C=N–C) groups is 1. The number of halogens is 1. The molecule has 0 amide bonds. The lowest BCUT2D eigenvalue weighted by atomic mass is 10.0. The van der Waals surface area contributed by atoms with Crippen molar-refractivity contribution < 1.29 is 4.39 Å². The first-order chi connectivity index (χ1) is 10.1. The van der Waals surface area contributed by atoms with Crippen molar-refractivity contribution >= 4 is 11.5 Å². The fourth-order valence-corrected chi connectivity index (χ4v) is 2.46. The predicted octanol–water partition coefficient (Wildman–Crippen LogP) is 2.20. The summed E-state index contributed by atoms with van der Waals surface area (Å²) in [6.07, 6.45) is 1.25. The van der Waals surface area contributed by atoms with E-state index in [1.807, 2.05) is 24.3 Å². The lowest BCUT2D eigenvalue weighted by Crippen LogP contribution is -2.50. The highest BCUT2D eigenvalue weighted by Gasteiger charge is 2.29. The van der Waals surface area contributed by atoms with Crippen LogP contribution >= 0.6 is 0 Å². The Hall–Kier alpha value is -2.40. The molecule has 1 heterocycles. The Kier molecular flexibility index (Phi) is 3.35. The number of hydrogen-bond acceptors (Lipinski definition) is 4. The average Bonchev–Trinajstić information content (AvgIpc) is 2.47. The van der Waals surface area contributed by atoms with Gasteiger partial charge in [0, 0.05) is 17.7 Å². The van der Waals surface area contributed by atoms with Gasteiger partial charge in [-0.05, 0) is 36.2 Å². The third kappa shape index (κ3) is 2.87. The van der Waals surface area contributed by atoms with Gasteiger partial charge in [0.1, 0.15) is 11.7 Å². The molecule has 0 fully saturated rings. The zero-order chi connectivity index (χ0) is 14.9. The molecule has 0 spiro atoms. The molecule has 2 aromatic rings. The Morgan fingerprint density at radius 3 is 2.57 bits per heavy atom. The normalized spacial score (nSPS) is 20.4. The van der Waals surface area contributed by atoms with E-state index < -0.39 is 5.79 Å². The number of nitrogens with two attached hydrogens (primary N) is 2. The van der Waals surface area contributed by atoms with Crippen LogP contribution in [0.1, 0.15) is 17.5 Å². The summed E-state index contributed by atoms with van der Waals surface area (Å²) in [5, 5.41) is 3.22. The molecule has 0 aliphatic carbocycles. The van der Waals surface area contributed by atoms with E-state index in [4.69, 9.17) is 11.5 Å². The van der Waals surface area contributed by atoms with Crippen LogP contribution in [0.5, 0.6) is 0 Å². The summed E-state index contributed by atoms with van der Waals surface area (Å²) < 4.78 is 12.9. The van der Waals surface area contributed by atoms with Crippen LogP contribution in [0.2, 0.25) is 0 Å². The van der Waals surface area contributed by atoms with Crippen molar-refractivity contribution in [3.63, 3.8) is 0 Å². The van der Waals surface area contributed by atoms with Crippen LogP contribution in [-0.4, -0.2) is 11.6 Å². The minimum absolute atomic E-state index is 0.242. The third-order valence-electron chi connectivity index (χ3n) is 3.58. The Morgan fingerprint density at radius 1 is 1.10 bits per heavy atom. The number of rotatable bonds is 3. The topological polar surface area (TPSA) is 76.4 Å². The van der Waals surface area contributed by atoms with Crippen molar-refractivity contribution in [2.75, 3.05) is 5.32 Å². The maximum atomic E-state index is 12.9. The van der Waals surface area contributed by atoms with E-state index in [-0.39, 0.29) is 5.82 Å². The Balaban J connectivity index is 1.77. The van der Waals surface area contributed by atoms with Gasteiger partial charge in [-0.25, -0.2) is 9.38 Å². The second-order valence-corrected chi connectivity index (χ2v) is 5.22. The smallest absolute Gasteiger partial charge is 0.184 e. The lowest BCUT2D eigenvalue weighted by molar-refractivity contribution is 0.465. The average molecular weight is 284 g/mol. The number of fused-ring (bicyclic) bond motifs is 1. The molecule has 1 aliphatic heterocycles. The van der Waals surface area contributed by atoms with Gasteiger partial charge in [-0.3, -0.25) is 5.73 Å². The van der Waals surface area contributed by atoms with Crippen molar-refractivity contribution in [3.8, 4) is 0 Å². The van der Waals surface area contributed by atoms with Crippen LogP contribution < -0.4 is 16.8 Å². The quantitative estimate of drug-likeness (QED) is 0.808. The molecule has 108 valence electrons. The molecular formula is C16H17FN4. The SMILES string of the molecule is NC1=NC(N)(CCc2ccc(F)cc2)Nc2ccccc21. The number of nitrogens with one attached hydrogen (secondary N) is 1. The molecule has 4 nitrogen and oxygen atoms in total. The zero-order valence-electron chi connectivity index (χ0n) is 11.5. The second-order valence-electron chi connectivity index (χ2n) is 5.22. The van der Waals surface area contributed by atoms with E-state index in [2.05, 4.69) is 10.3 Å². The largest absolute Gasteiger partial charge is 0.383 e. The van der Waals surface area contributed by atoms with Gasteiger partial charge >= 0.3 is 0 Å². The highest BCUT2D eigenvalue weighted by atomic mass is 19.1. The van der Waals surface area contributed by atoms with E-state index in [1.165, 1.54) is 12.1 Å². The fourth-order valence-electron chi connectivity index (χ4n) is 2.46. The minimum Gasteiger partial charge on any atom is -0.383 e. The van der Waals surface area contributed by atoms with Crippen molar-refractivity contribution in [1.29, 1.82) is 0 Å². The zero-order valence-corrected chi connectivity index (χ0v) is 11.5. The summed E-state index contributed by atoms with van der Waals surface area (Å²) in [6, 6.07) is 14.1. The number of hydrogen-bond donors (Lipinski definition) is 3. The van der Waals surface area contributed by atoms with Gasteiger partial charge in [-0.1, -0.05) is 24.3 Å². The van der Waals surface area contributed by atoms with Crippen LogP contribution in [0.15, 0.2) is 53.5 Å². The molecular weight excluding hydrogens is 267 g/mol. The first kappa shape index (κ1) is 13.6. The third-order valence-corrected chi connectivity index (χ3v) is 3.58. The number of amidine groups is 1. The molecule has 5 heteroatoms. The monoisotopic (exact) mass is 284 g/mol. The fraction of sp³-hybridized carbons (Fsp3) is 0.188. The highest BCUT2D eigenvalue weighted by molar-refractivity contribution is 6.04. The van der Waals surface area contributed by atoms with E-state index in [0.29, 0.717) is 18.7 Å². The first-order valence-corrected chi connectivity index (χ1v) is 6.82. The highest BCUT2D eigenvalue weighted by Crippen LogP contribution is 2.26. The van der Waals surface area contributed by atoms with Crippen LogP contribution in [0, 0.1) is 5.82 Å². The molecule has 1 unspecified atom stereocenters. The molecule has 3 rings (SSSR count). The maximum absolute atomic E-state index is 12.9. The van der Waals surface area contributed by atoms with E-state index in [0.717, 1.165) is 16.8 Å². The molecule has 2 aromatic carbocycles. The molecule has 0 aromatic heterocycles. The van der Waals surface area contributed by atoms with Crippen LogP contribution in [-0.2, 0) is 6.42 Å². The number of anilines is 1. The maximum Gasteiger partial charge on any atom is 0.184 e. The molecule has 21 heavy (non-hydrogen) atoms. The first-order valence-electron chi connectivity index (χ1n) is 6.82. The van der Waals surface area contributed by atoms with E-state index in [1.54, 1.807) is 12.1 Å². The molecule has 5 N–H and O–H groups in total. The Bertz CT molecular complexity index is 681. The molecule has 0 radical (unpaired) electrons. The van der Waals surface area contributed by atoms with Crippen LogP contribution in [0.3, 0.4) is 0 Å². The van der Waals surface area contributed by atoms with Gasteiger partial charge < -0.3 is 11.1 Å². The van der Waals surface area contributed by atoms with Gasteiger partial charge in [-0.2, -0.15) is 0 Å². The van der Waals surface area contributed by atoms with Crippen LogP contribution in [0.25, 0.3) is 0 Å². The Morgan fingerprint density at radius 2 is 1.81 bits per heavy atom. The number of benzene rings is 2. The van der Waals surface area contributed by atoms with Crippen molar-refractivity contribution in [2.45, 2.75) is 18.6 Å². The summed E-state index contributed by atoms with van der Waals surface area (Å²) in [4.78, 5) is 4.38. The van der Waals surface area contributed by atoms with Gasteiger partial charge in [-0.15, -0.1) is 0 Å². The number of nitrogens with zero attached hydrogens (tertiary/aromatic N) is 1. The number of para-hydroxylation sites is 1. The predicted molar refractivity (Wildman–Crippen MR) is 82.4 cm³/mol. The van der Waals surface area contributed by atoms with E-state index >= 15 is 0 Å². The van der Waals surface area contributed by atoms with Gasteiger partial charge in [0.05, 0.1) is 0 Å². The minimum atomic E-state index is -0.938. The lowest BCUT2D eigenvalue weighted by Gasteiger charge is -2.33. The summed E-state index contributed by atoms with van der Waals surface area (Å²) in [5.74, 6) is -0.744. The standard InChI is InChI=1S/C16H17FN4/c17-12-7-5-11(6-8-12)9-10-16(19)20-14-4-2-1-3-13(14)15(18)21-16/h1-8,20H,9-10,19H2,(H2,18,21).